The van der Waals surface area contributed by atoms with Crippen molar-refractivity contribution in [2.24, 2.45) is 23.7 Å². The molecule has 6 atom stereocenters. The van der Waals surface area contributed by atoms with Crippen molar-refractivity contribution >= 4 is 40.6 Å². The number of carboxylic acid groups (broad SMARTS) is 1. The molecule has 8 rings (SSSR count). The molecule has 266 valence electrons. The number of aromatic hydroxyl groups is 1. The summed E-state index contributed by atoms with van der Waals surface area (Å²) in [6.07, 6.45) is 3.51. The minimum atomic E-state index is -1.58. The zero-order valence-electron chi connectivity index (χ0n) is 28.9. The van der Waals surface area contributed by atoms with Crippen molar-refractivity contribution in [1.29, 1.82) is 0 Å². The van der Waals surface area contributed by atoms with Gasteiger partial charge in [0, 0.05) is 35.1 Å². The molecule has 0 spiro atoms. The summed E-state index contributed by atoms with van der Waals surface area (Å²) in [4.78, 5) is 72.0. The highest BCUT2D eigenvalue weighted by atomic mass is 16.5. The maximum atomic E-state index is 15.3. The molecule has 3 aliphatic carbocycles. The van der Waals surface area contributed by atoms with Gasteiger partial charge in [0.1, 0.15) is 17.2 Å². The van der Waals surface area contributed by atoms with E-state index in [0.29, 0.717) is 22.4 Å². The van der Waals surface area contributed by atoms with Gasteiger partial charge in [-0.25, -0.2) is 4.79 Å². The van der Waals surface area contributed by atoms with Crippen molar-refractivity contribution in [2.75, 3.05) is 19.1 Å². The van der Waals surface area contributed by atoms with Gasteiger partial charge in [0.15, 0.2) is 11.6 Å². The van der Waals surface area contributed by atoms with Crippen LogP contribution in [0.15, 0.2) is 115 Å². The number of nitrogens with zero attached hydrogens (tertiary/aromatic N) is 1. The van der Waals surface area contributed by atoms with E-state index in [9.17, 15) is 24.6 Å². The lowest BCUT2D eigenvalue weighted by Crippen LogP contribution is -2.58. The van der Waals surface area contributed by atoms with E-state index in [1.807, 2.05) is 30.3 Å². The molecule has 0 aromatic heterocycles. The largest absolute Gasteiger partial charge is 0.507 e. The highest BCUT2D eigenvalue weighted by molar-refractivity contribution is 6.32. The highest BCUT2D eigenvalue weighted by Crippen LogP contribution is 2.65. The summed E-state index contributed by atoms with van der Waals surface area (Å²) in [5, 5.41) is 21.5. The van der Waals surface area contributed by atoms with Crippen molar-refractivity contribution in [2.45, 2.75) is 24.2 Å². The number of phenolic OH excluding ortho intramolecular Hbond substituents is 1. The summed E-state index contributed by atoms with van der Waals surface area (Å²) in [5.41, 5.74) is 0.793. The molecule has 0 unspecified atom stereocenters. The number of ketones is 2. The third kappa shape index (κ3) is 4.96. The molecule has 4 aromatic rings. The summed E-state index contributed by atoms with van der Waals surface area (Å²) in [6, 6.07) is 26.7. The lowest BCUT2D eigenvalue weighted by molar-refractivity contribution is -0.135. The van der Waals surface area contributed by atoms with E-state index in [0.717, 1.165) is 4.90 Å². The van der Waals surface area contributed by atoms with Gasteiger partial charge in [-0.1, -0.05) is 78.4 Å². The van der Waals surface area contributed by atoms with Crippen molar-refractivity contribution < 1.29 is 43.7 Å². The topological polar surface area (TPSA) is 148 Å². The molecule has 2 fully saturated rings. The molecular formula is C43H35NO9. The Balaban J connectivity index is 1.38. The molecule has 2 N–H and O–H groups in total. The lowest BCUT2D eigenvalue weighted by atomic mass is 9.44. The minimum absolute atomic E-state index is 0.0639. The number of hydrogen-bond acceptors (Lipinski definition) is 8. The monoisotopic (exact) mass is 709 g/mol. The molecule has 4 aromatic carbocycles. The first-order valence-electron chi connectivity index (χ1n) is 17.4. The number of fused-ring (bicyclic) bond motifs is 4. The Morgan fingerprint density at radius 3 is 2.23 bits per heavy atom. The molecular weight excluding hydrogens is 674 g/mol. The highest BCUT2D eigenvalue weighted by Gasteiger charge is 2.66. The van der Waals surface area contributed by atoms with Gasteiger partial charge in [-0.2, -0.15) is 0 Å². The molecule has 0 bridgehead atoms. The summed E-state index contributed by atoms with van der Waals surface area (Å²) in [5.74, 6) is -6.94. The first-order valence-corrected chi connectivity index (χ1v) is 17.4. The van der Waals surface area contributed by atoms with Crippen molar-refractivity contribution in [3.63, 3.8) is 0 Å². The number of amides is 2. The van der Waals surface area contributed by atoms with Crippen LogP contribution in [-0.2, 0) is 24.6 Å². The van der Waals surface area contributed by atoms with E-state index in [-0.39, 0.29) is 58.3 Å². The second-order valence-electron chi connectivity index (χ2n) is 13.9. The number of carbonyl (C=O) groups is 5. The Bertz CT molecular complexity index is 2280. The van der Waals surface area contributed by atoms with Crippen molar-refractivity contribution in [1.82, 2.24) is 0 Å². The van der Waals surface area contributed by atoms with Crippen LogP contribution in [0.5, 0.6) is 17.2 Å². The number of carboxylic acids is 1. The molecule has 4 aliphatic rings. The summed E-state index contributed by atoms with van der Waals surface area (Å²) < 4.78 is 11.3. The normalized spacial score (nSPS) is 26.2. The smallest absolute Gasteiger partial charge is 0.335 e. The van der Waals surface area contributed by atoms with Gasteiger partial charge >= 0.3 is 5.97 Å². The first-order chi connectivity index (χ1) is 25.6. The van der Waals surface area contributed by atoms with E-state index >= 15 is 9.59 Å². The molecule has 1 saturated heterocycles. The molecule has 2 amide bonds. The van der Waals surface area contributed by atoms with E-state index in [2.05, 4.69) is 0 Å². The van der Waals surface area contributed by atoms with Gasteiger partial charge in [-0.15, -0.1) is 0 Å². The van der Waals surface area contributed by atoms with Gasteiger partial charge in [-0.3, -0.25) is 24.1 Å². The first kappa shape index (κ1) is 33.8. The van der Waals surface area contributed by atoms with Crippen LogP contribution in [0.1, 0.15) is 45.8 Å². The van der Waals surface area contributed by atoms with Crippen LogP contribution in [0.4, 0.5) is 5.69 Å². The zero-order chi connectivity index (χ0) is 37.2. The standard InChI is InChI=1S/C43H35NO9/c1-52-27-19-33(45)37(34(20-27)53-2)38-28-16-17-29-36(41(49)44(40(29)48)26-15-9-12-24(18-26)42(50)51)31(28)21-32-39(47)30(23-10-5-3-6-11-23)22-35(46)43(32,38)25-13-7-4-8-14-25/h3-16,18-20,22,29,31-32,36,38,45H,17,21H2,1-2H3,(H,50,51)/t29-,31+,32-,36-,38+,43-/m0/s1. The van der Waals surface area contributed by atoms with E-state index < -0.39 is 52.8 Å². The number of rotatable bonds is 7. The van der Waals surface area contributed by atoms with Gasteiger partial charge in [0.05, 0.1) is 42.7 Å². The Kier molecular flexibility index (Phi) is 8.13. The Morgan fingerprint density at radius 2 is 1.55 bits per heavy atom. The molecule has 1 saturated carbocycles. The number of ether oxygens (including phenoxy) is 2. The molecule has 1 aliphatic heterocycles. The fraction of sp³-hybridized carbons (Fsp3) is 0.233. The third-order valence-corrected chi connectivity index (χ3v) is 11.6. The van der Waals surface area contributed by atoms with Crippen LogP contribution in [0, 0.1) is 23.7 Å². The predicted molar refractivity (Wildman–Crippen MR) is 194 cm³/mol. The fourth-order valence-electron chi connectivity index (χ4n) is 9.39. The molecule has 10 nitrogen and oxygen atoms in total. The van der Waals surface area contributed by atoms with Crippen LogP contribution in [0.3, 0.4) is 0 Å². The van der Waals surface area contributed by atoms with Crippen LogP contribution in [0.25, 0.3) is 5.57 Å². The number of aromatic carboxylic acids is 1. The van der Waals surface area contributed by atoms with Crippen molar-refractivity contribution in [3.05, 3.63) is 137 Å². The van der Waals surface area contributed by atoms with Gasteiger partial charge in [-0.05, 0) is 54.2 Å². The summed E-state index contributed by atoms with van der Waals surface area (Å²) >= 11 is 0. The number of phenols is 1. The number of methoxy groups -OCH3 is 2. The second-order valence-corrected chi connectivity index (χ2v) is 13.9. The second kappa shape index (κ2) is 12.7. The van der Waals surface area contributed by atoms with Gasteiger partial charge in [0.2, 0.25) is 11.8 Å². The average molecular weight is 710 g/mol. The number of carbonyl (C=O) groups excluding carboxylic acids is 4. The molecule has 1 heterocycles. The number of allylic oxidation sites excluding steroid dienone is 4. The summed E-state index contributed by atoms with van der Waals surface area (Å²) in [7, 11) is 2.90. The number of anilines is 1. The summed E-state index contributed by atoms with van der Waals surface area (Å²) in [6.45, 7) is 0. The van der Waals surface area contributed by atoms with Crippen LogP contribution in [-0.4, -0.2) is 53.8 Å². The van der Waals surface area contributed by atoms with Crippen LogP contribution < -0.4 is 14.4 Å². The van der Waals surface area contributed by atoms with E-state index in [4.69, 9.17) is 9.47 Å². The van der Waals surface area contributed by atoms with Gasteiger partial charge in [0.25, 0.3) is 0 Å². The van der Waals surface area contributed by atoms with Crippen molar-refractivity contribution in [3.8, 4) is 17.2 Å². The quantitative estimate of drug-likeness (QED) is 0.171. The van der Waals surface area contributed by atoms with E-state index in [1.54, 1.807) is 42.5 Å². The number of benzene rings is 4. The van der Waals surface area contributed by atoms with Gasteiger partial charge < -0.3 is 19.7 Å². The number of hydrogen-bond donors (Lipinski definition) is 2. The predicted octanol–water partition coefficient (Wildman–Crippen LogP) is 6.14. The molecule has 0 radical (unpaired) electrons. The Labute approximate surface area is 305 Å². The maximum absolute atomic E-state index is 15.3. The van der Waals surface area contributed by atoms with Crippen LogP contribution in [0.2, 0.25) is 0 Å². The lowest BCUT2D eigenvalue weighted by Gasteiger charge is -2.55. The third-order valence-electron chi connectivity index (χ3n) is 11.6. The SMILES string of the molecule is COc1cc(O)c([C@H]2C3=CC[C@@H]4C(=O)N(c5cccc(C(=O)O)c5)C(=O)[C@@H]4[C@@H]3C[C@H]3C(=O)C(c4ccccc4)=CC(=O)[C@@]23c2ccccc2)c(OC)c1. The number of Topliss-reactive ketones (excluding diaryl/α,β-unsaturated/α-hetero) is 1. The zero-order valence-corrected chi connectivity index (χ0v) is 28.9. The van der Waals surface area contributed by atoms with E-state index in [1.165, 1.54) is 50.6 Å². The fourth-order valence-corrected chi connectivity index (χ4v) is 9.39. The minimum Gasteiger partial charge on any atom is -0.507 e. The van der Waals surface area contributed by atoms with Crippen LogP contribution >= 0.6 is 0 Å². The molecule has 10 heteroatoms. The Hall–Kier alpha value is -6.29. The maximum Gasteiger partial charge on any atom is 0.335 e. The Morgan fingerprint density at radius 1 is 0.830 bits per heavy atom. The molecule has 53 heavy (non-hydrogen) atoms. The number of imide groups is 1. The average Bonchev–Trinajstić information content (AvgIpc) is 3.44.